The van der Waals surface area contributed by atoms with Crippen LogP contribution in [0.25, 0.3) is 0 Å². The number of hydrogen-bond acceptors (Lipinski definition) is 3. The predicted octanol–water partition coefficient (Wildman–Crippen LogP) is 3.33. The second kappa shape index (κ2) is 4.30. The molecule has 0 saturated carbocycles. The largest absolute Gasteiger partial charge is 0.302 e. The molecule has 1 aromatic carbocycles. The third-order valence-electron chi connectivity index (χ3n) is 2.84. The van der Waals surface area contributed by atoms with E-state index in [9.17, 15) is 4.39 Å². The van der Waals surface area contributed by atoms with Crippen LogP contribution in [0.5, 0.6) is 0 Å². The number of halogens is 1. The number of hydrogen-bond donors (Lipinski definition) is 1. The van der Waals surface area contributed by atoms with Crippen LogP contribution in [0, 0.1) is 5.82 Å². The lowest BCUT2D eigenvalue weighted by atomic mass is 10.0. The number of nitrogens with one attached hydrogen (secondary N) is 1. The first kappa shape index (κ1) is 10.5. The van der Waals surface area contributed by atoms with E-state index in [4.69, 9.17) is 0 Å². The van der Waals surface area contributed by atoms with Gasteiger partial charge in [-0.05, 0) is 17.5 Å². The Morgan fingerprint density at radius 1 is 1.24 bits per heavy atom. The Bertz CT molecular complexity index is 548. The highest BCUT2D eigenvalue weighted by Gasteiger charge is 2.23. The first-order chi connectivity index (χ1) is 8.34. The molecular formula is C13H11FN2S. The smallest absolute Gasteiger partial charge is 0.128 e. The van der Waals surface area contributed by atoms with Gasteiger partial charge in [0.05, 0.1) is 16.6 Å². The fourth-order valence-electron chi connectivity index (χ4n) is 1.98. The average Bonchev–Trinajstić information content (AvgIpc) is 3.00. The standard InChI is InChI=1S/C13H11FN2S/c14-10-5-2-1-4-9(10)11-8-12(16-15-11)13-6-3-7-17-13/h1-7,11,15H,8H2. The molecule has 2 aromatic rings. The Hall–Kier alpha value is -1.68. The minimum atomic E-state index is -0.173. The molecule has 0 radical (unpaired) electrons. The van der Waals surface area contributed by atoms with Crippen LogP contribution in [0.4, 0.5) is 4.39 Å². The van der Waals surface area contributed by atoms with Gasteiger partial charge in [0.25, 0.3) is 0 Å². The summed E-state index contributed by atoms with van der Waals surface area (Å²) in [7, 11) is 0. The summed E-state index contributed by atoms with van der Waals surface area (Å²) >= 11 is 1.66. The molecule has 1 aromatic heterocycles. The molecule has 17 heavy (non-hydrogen) atoms. The molecule has 2 nitrogen and oxygen atoms in total. The van der Waals surface area contributed by atoms with Gasteiger partial charge >= 0.3 is 0 Å². The number of rotatable bonds is 2. The zero-order valence-electron chi connectivity index (χ0n) is 9.06. The van der Waals surface area contributed by atoms with Crippen LogP contribution in [0.2, 0.25) is 0 Å². The minimum Gasteiger partial charge on any atom is -0.302 e. The first-order valence-corrected chi connectivity index (χ1v) is 6.33. The van der Waals surface area contributed by atoms with Crippen LogP contribution in [-0.2, 0) is 0 Å². The maximum Gasteiger partial charge on any atom is 0.128 e. The van der Waals surface area contributed by atoms with Gasteiger partial charge in [-0.25, -0.2) is 4.39 Å². The lowest BCUT2D eigenvalue weighted by molar-refractivity contribution is 0.549. The first-order valence-electron chi connectivity index (χ1n) is 5.45. The zero-order valence-corrected chi connectivity index (χ0v) is 9.88. The molecule has 0 fully saturated rings. The van der Waals surface area contributed by atoms with E-state index in [1.807, 2.05) is 23.6 Å². The Kier molecular flexibility index (Phi) is 2.65. The highest BCUT2D eigenvalue weighted by molar-refractivity contribution is 7.12. The molecule has 0 saturated heterocycles. The summed E-state index contributed by atoms with van der Waals surface area (Å²) in [4.78, 5) is 1.15. The average molecular weight is 246 g/mol. The van der Waals surface area contributed by atoms with E-state index in [2.05, 4.69) is 10.5 Å². The van der Waals surface area contributed by atoms with Crippen LogP contribution in [-0.4, -0.2) is 5.71 Å². The third-order valence-corrected chi connectivity index (χ3v) is 3.76. The van der Waals surface area contributed by atoms with E-state index < -0.39 is 0 Å². The molecule has 1 aliphatic rings. The molecular weight excluding hydrogens is 235 g/mol. The molecule has 1 aliphatic heterocycles. The van der Waals surface area contributed by atoms with E-state index in [0.717, 1.165) is 17.0 Å². The van der Waals surface area contributed by atoms with Gasteiger partial charge in [0.2, 0.25) is 0 Å². The van der Waals surface area contributed by atoms with Crippen molar-refractivity contribution in [2.45, 2.75) is 12.5 Å². The molecule has 3 rings (SSSR count). The van der Waals surface area contributed by atoms with Gasteiger partial charge in [0.15, 0.2) is 0 Å². The van der Waals surface area contributed by atoms with Gasteiger partial charge in [0.1, 0.15) is 5.82 Å². The van der Waals surface area contributed by atoms with E-state index in [1.165, 1.54) is 6.07 Å². The van der Waals surface area contributed by atoms with Crippen LogP contribution in [0.1, 0.15) is 22.9 Å². The van der Waals surface area contributed by atoms with Crippen molar-refractivity contribution in [1.29, 1.82) is 0 Å². The van der Waals surface area contributed by atoms with Crippen molar-refractivity contribution in [2.24, 2.45) is 5.10 Å². The number of hydrazone groups is 1. The van der Waals surface area contributed by atoms with Crippen molar-refractivity contribution in [2.75, 3.05) is 0 Å². The summed E-state index contributed by atoms with van der Waals surface area (Å²) in [6.45, 7) is 0. The maximum absolute atomic E-state index is 13.6. The van der Waals surface area contributed by atoms with Gasteiger partial charge in [-0.2, -0.15) is 5.10 Å². The molecule has 4 heteroatoms. The van der Waals surface area contributed by atoms with Crippen LogP contribution in [0.15, 0.2) is 46.9 Å². The quantitative estimate of drug-likeness (QED) is 0.863. The second-order valence-corrected chi connectivity index (χ2v) is 4.89. The predicted molar refractivity (Wildman–Crippen MR) is 67.7 cm³/mol. The molecule has 0 aliphatic carbocycles. The molecule has 0 bridgehead atoms. The molecule has 86 valence electrons. The summed E-state index contributed by atoms with van der Waals surface area (Å²) in [5.41, 5.74) is 4.70. The highest BCUT2D eigenvalue weighted by atomic mass is 32.1. The van der Waals surface area contributed by atoms with Gasteiger partial charge in [-0.3, -0.25) is 0 Å². The van der Waals surface area contributed by atoms with Crippen molar-refractivity contribution < 1.29 is 4.39 Å². The van der Waals surface area contributed by atoms with Gasteiger partial charge in [-0.15, -0.1) is 11.3 Å². The SMILES string of the molecule is Fc1ccccc1C1CC(c2cccs2)=NN1. The topological polar surface area (TPSA) is 24.4 Å². The highest BCUT2D eigenvalue weighted by Crippen LogP contribution is 2.27. The molecule has 0 amide bonds. The molecule has 2 heterocycles. The van der Waals surface area contributed by atoms with Gasteiger partial charge < -0.3 is 5.43 Å². The second-order valence-electron chi connectivity index (χ2n) is 3.94. The van der Waals surface area contributed by atoms with E-state index in [0.29, 0.717) is 5.56 Å². The molecule has 0 spiro atoms. The van der Waals surface area contributed by atoms with Gasteiger partial charge in [0, 0.05) is 12.0 Å². The fraction of sp³-hybridized carbons (Fsp3) is 0.154. The summed E-state index contributed by atoms with van der Waals surface area (Å²) in [5.74, 6) is -0.173. The lowest BCUT2D eigenvalue weighted by Crippen LogP contribution is -2.11. The maximum atomic E-state index is 13.6. The Morgan fingerprint density at radius 2 is 2.12 bits per heavy atom. The van der Waals surface area contributed by atoms with Crippen LogP contribution in [0.3, 0.4) is 0 Å². The molecule has 1 unspecified atom stereocenters. The molecule has 1 atom stereocenters. The monoisotopic (exact) mass is 246 g/mol. The normalized spacial score (nSPS) is 18.9. The number of nitrogens with zero attached hydrogens (tertiary/aromatic N) is 1. The molecule has 1 N–H and O–H groups in total. The summed E-state index contributed by atoms with van der Waals surface area (Å²) in [6.07, 6.45) is 0.738. The van der Waals surface area contributed by atoms with Crippen molar-refractivity contribution in [3.05, 3.63) is 58.0 Å². The van der Waals surface area contributed by atoms with Crippen molar-refractivity contribution >= 4 is 17.0 Å². The van der Waals surface area contributed by atoms with Crippen molar-refractivity contribution in [1.82, 2.24) is 5.43 Å². The summed E-state index contributed by atoms with van der Waals surface area (Å²) in [5, 5.41) is 6.31. The van der Waals surface area contributed by atoms with E-state index >= 15 is 0 Å². The fourth-order valence-corrected chi connectivity index (χ4v) is 2.70. The Morgan fingerprint density at radius 3 is 2.88 bits per heavy atom. The Labute approximate surface area is 103 Å². The minimum absolute atomic E-state index is 0.0479. The number of benzene rings is 1. The van der Waals surface area contributed by atoms with Crippen molar-refractivity contribution in [3.8, 4) is 0 Å². The number of thiophene rings is 1. The summed E-state index contributed by atoms with van der Waals surface area (Å²) in [6, 6.07) is 10.8. The third kappa shape index (κ3) is 1.96. The zero-order chi connectivity index (χ0) is 11.7. The van der Waals surface area contributed by atoms with Crippen LogP contribution < -0.4 is 5.43 Å². The lowest BCUT2D eigenvalue weighted by Gasteiger charge is -2.10. The van der Waals surface area contributed by atoms with E-state index in [-0.39, 0.29) is 11.9 Å². The van der Waals surface area contributed by atoms with Gasteiger partial charge in [-0.1, -0.05) is 24.3 Å². The van der Waals surface area contributed by atoms with Crippen molar-refractivity contribution in [3.63, 3.8) is 0 Å². The van der Waals surface area contributed by atoms with E-state index in [1.54, 1.807) is 23.5 Å². The summed E-state index contributed by atoms with van der Waals surface area (Å²) < 4.78 is 13.6. The Balaban J connectivity index is 1.81. The van der Waals surface area contributed by atoms with Crippen LogP contribution >= 0.6 is 11.3 Å².